The van der Waals surface area contributed by atoms with Gasteiger partial charge < -0.3 is 5.73 Å². The number of sulfonamides is 1. The van der Waals surface area contributed by atoms with E-state index in [1.54, 1.807) is 18.2 Å². The molecule has 1 aromatic carbocycles. The molecule has 21 heavy (non-hydrogen) atoms. The van der Waals surface area contributed by atoms with E-state index < -0.39 is 25.1 Å². The van der Waals surface area contributed by atoms with E-state index in [4.69, 9.17) is 11.1 Å². The van der Waals surface area contributed by atoms with Gasteiger partial charge in [-0.2, -0.15) is 0 Å². The van der Waals surface area contributed by atoms with Crippen molar-refractivity contribution in [3.05, 3.63) is 29.8 Å². The normalized spacial score (nSPS) is 19.0. The van der Waals surface area contributed by atoms with Crippen LogP contribution in [0.2, 0.25) is 0 Å². The highest BCUT2D eigenvalue weighted by Gasteiger charge is 2.33. The first-order valence-corrected chi connectivity index (χ1v) is 9.73. The van der Waals surface area contributed by atoms with Gasteiger partial charge in [-0.25, -0.2) is 16.8 Å². The lowest BCUT2D eigenvalue weighted by molar-refractivity contribution is 0.555. The fourth-order valence-corrected chi connectivity index (χ4v) is 5.52. The highest BCUT2D eigenvalue weighted by Crippen LogP contribution is 2.23. The highest BCUT2D eigenvalue weighted by atomic mass is 32.2. The fraction of sp³-hybridized carbons (Fsp3) is 0.417. The van der Waals surface area contributed by atoms with E-state index in [0.717, 1.165) is 0 Å². The molecule has 1 saturated heterocycles. The minimum Gasteiger partial charge on any atom is -0.384 e. The molecule has 0 atom stereocenters. The van der Waals surface area contributed by atoms with Crippen LogP contribution in [0, 0.1) is 5.41 Å². The van der Waals surface area contributed by atoms with E-state index >= 15 is 0 Å². The van der Waals surface area contributed by atoms with Crippen LogP contribution in [0.15, 0.2) is 24.3 Å². The van der Waals surface area contributed by atoms with Crippen molar-refractivity contribution >= 4 is 31.4 Å². The standard InChI is InChI=1S/C12H17N3O4S2/c13-12(14)10-3-1-2-4-11(10)15-21(18,19)9-5-7-20(16,17)8-6-9/h1-4,9,15H,5-8H2,(H3,13,14). The van der Waals surface area contributed by atoms with Crippen LogP contribution in [-0.4, -0.2) is 39.4 Å². The van der Waals surface area contributed by atoms with E-state index in [-0.39, 0.29) is 35.9 Å². The zero-order chi connectivity index (χ0) is 15.7. The molecule has 0 aromatic heterocycles. The SMILES string of the molecule is N=C(N)c1ccccc1NS(=O)(=O)C1CCS(=O)(=O)CC1. The van der Waals surface area contributed by atoms with Gasteiger partial charge in [0.1, 0.15) is 15.7 Å². The molecule has 1 aliphatic rings. The van der Waals surface area contributed by atoms with Crippen molar-refractivity contribution in [2.24, 2.45) is 5.73 Å². The van der Waals surface area contributed by atoms with Crippen LogP contribution in [0.1, 0.15) is 18.4 Å². The van der Waals surface area contributed by atoms with E-state index in [0.29, 0.717) is 5.56 Å². The van der Waals surface area contributed by atoms with Crippen LogP contribution in [0.3, 0.4) is 0 Å². The molecule has 1 fully saturated rings. The molecule has 1 aromatic rings. The number of nitrogens with two attached hydrogens (primary N) is 1. The van der Waals surface area contributed by atoms with Gasteiger partial charge in [0, 0.05) is 5.56 Å². The summed E-state index contributed by atoms with van der Waals surface area (Å²) in [6.45, 7) is 0. The molecule has 9 heteroatoms. The third-order valence-electron chi connectivity index (χ3n) is 3.41. The van der Waals surface area contributed by atoms with Crippen molar-refractivity contribution in [2.45, 2.75) is 18.1 Å². The number of nitrogen functional groups attached to an aromatic ring is 1. The van der Waals surface area contributed by atoms with Crippen LogP contribution in [0.25, 0.3) is 0 Å². The maximum absolute atomic E-state index is 12.3. The van der Waals surface area contributed by atoms with Crippen LogP contribution < -0.4 is 10.5 Å². The molecule has 0 aliphatic carbocycles. The third-order valence-corrected chi connectivity index (χ3v) is 6.98. The molecule has 0 spiro atoms. The van der Waals surface area contributed by atoms with Gasteiger partial charge in [0.05, 0.1) is 22.4 Å². The first-order chi connectivity index (χ1) is 9.71. The second-order valence-electron chi connectivity index (χ2n) is 4.96. The zero-order valence-corrected chi connectivity index (χ0v) is 12.9. The monoisotopic (exact) mass is 331 g/mol. The molecule has 0 bridgehead atoms. The summed E-state index contributed by atoms with van der Waals surface area (Å²) in [4.78, 5) is 0. The molecule has 0 saturated carbocycles. The van der Waals surface area contributed by atoms with Gasteiger partial charge in [-0.1, -0.05) is 12.1 Å². The summed E-state index contributed by atoms with van der Waals surface area (Å²) < 4.78 is 49.8. The predicted molar refractivity (Wildman–Crippen MR) is 81.7 cm³/mol. The van der Waals surface area contributed by atoms with E-state index in [9.17, 15) is 16.8 Å². The van der Waals surface area contributed by atoms with Crippen molar-refractivity contribution in [2.75, 3.05) is 16.2 Å². The van der Waals surface area contributed by atoms with E-state index in [1.165, 1.54) is 6.07 Å². The maximum Gasteiger partial charge on any atom is 0.235 e. The second-order valence-corrected chi connectivity index (χ2v) is 9.22. The van der Waals surface area contributed by atoms with Crippen LogP contribution in [0.4, 0.5) is 5.69 Å². The molecular weight excluding hydrogens is 314 g/mol. The Labute approximate surface area is 124 Å². The topological polar surface area (TPSA) is 130 Å². The average molecular weight is 331 g/mol. The predicted octanol–water partition coefficient (Wildman–Crippen LogP) is 0.290. The minimum absolute atomic E-state index is 0.0832. The summed E-state index contributed by atoms with van der Waals surface area (Å²) in [5.41, 5.74) is 5.95. The summed E-state index contributed by atoms with van der Waals surface area (Å²) in [5, 5.41) is 6.70. The lowest BCUT2D eigenvalue weighted by Gasteiger charge is -2.23. The molecule has 4 N–H and O–H groups in total. The molecular formula is C12H17N3O4S2. The zero-order valence-electron chi connectivity index (χ0n) is 11.2. The molecule has 1 aliphatic heterocycles. The molecule has 1 heterocycles. The average Bonchev–Trinajstić information content (AvgIpc) is 2.38. The van der Waals surface area contributed by atoms with Gasteiger partial charge in [0.25, 0.3) is 0 Å². The van der Waals surface area contributed by atoms with Crippen molar-refractivity contribution in [3.8, 4) is 0 Å². The third kappa shape index (κ3) is 3.73. The van der Waals surface area contributed by atoms with Crippen LogP contribution in [0.5, 0.6) is 0 Å². The van der Waals surface area contributed by atoms with E-state index in [1.807, 2.05) is 0 Å². The Morgan fingerprint density at radius 1 is 1.24 bits per heavy atom. The fourth-order valence-electron chi connectivity index (χ4n) is 2.22. The van der Waals surface area contributed by atoms with Gasteiger partial charge in [-0.3, -0.25) is 10.1 Å². The summed E-state index contributed by atoms with van der Waals surface area (Å²) in [6.07, 6.45) is 0.166. The Morgan fingerprint density at radius 2 is 1.81 bits per heavy atom. The lowest BCUT2D eigenvalue weighted by atomic mass is 10.2. The van der Waals surface area contributed by atoms with Crippen LogP contribution in [-0.2, 0) is 19.9 Å². The number of benzene rings is 1. The van der Waals surface area contributed by atoms with Crippen molar-refractivity contribution in [1.29, 1.82) is 5.41 Å². The van der Waals surface area contributed by atoms with Gasteiger partial charge in [-0.15, -0.1) is 0 Å². The molecule has 2 rings (SSSR count). The summed E-state index contributed by atoms with van der Waals surface area (Å²) in [6, 6.07) is 6.36. The number of amidine groups is 1. The largest absolute Gasteiger partial charge is 0.384 e. The Balaban J connectivity index is 2.21. The number of hydrogen-bond acceptors (Lipinski definition) is 5. The van der Waals surface area contributed by atoms with Gasteiger partial charge in [0.2, 0.25) is 10.0 Å². The van der Waals surface area contributed by atoms with Gasteiger partial charge >= 0.3 is 0 Å². The number of sulfone groups is 1. The molecule has 116 valence electrons. The molecule has 0 radical (unpaired) electrons. The lowest BCUT2D eigenvalue weighted by Crippen LogP contribution is -2.36. The van der Waals surface area contributed by atoms with E-state index in [2.05, 4.69) is 4.72 Å². The molecule has 0 amide bonds. The minimum atomic E-state index is -3.71. The van der Waals surface area contributed by atoms with Gasteiger partial charge in [0.15, 0.2) is 0 Å². The maximum atomic E-state index is 12.3. The van der Waals surface area contributed by atoms with Crippen molar-refractivity contribution < 1.29 is 16.8 Å². The summed E-state index contributed by atoms with van der Waals surface area (Å²) in [7, 11) is -6.83. The first kappa shape index (κ1) is 15.8. The Morgan fingerprint density at radius 3 is 2.38 bits per heavy atom. The number of nitrogens with one attached hydrogen (secondary N) is 2. The van der Waals surface area contributed by atoms with Crippen molar-refractivity contribution in [3.63, 3.8) is 0 Å². The number of hydrogen-bond donors (Lipinski definition) is 3. The summed E-state index contributed by atoms with van der Waals surface area (Å²) >= 11 is 0. The van der Waals surface area contributed by atoms with Gasteiger partial charge in [-0.05, 0) is 25.0 Å². The first-order valence-electron chi connectivity index (χ1n) is 6.37. The second kappa shape index (κ2) is 5.64. The summed E-state index contributed by atoms with van der Waals surface area (Å²) in [5.74, 6) is -0.473. The number of anilines is 1. The van der Waals surface area contributed by atoms with Crippen LogP contribution >= 0.6 is 0 Å². The quantitative estimate of drug-likeness (QED) is 0.539. The Hall–Kier alpha value is -1.61. The smallest absolute Gasteiger partial charge is 0.235 e. The van der Waals surface area contributed by atoms with Crippen molar-refractivity contribution in [1.82, 2.24) is 0 Å². The molecule has 7 nitrogen and oxygen atoms in total. The number of para-hydroxylation sites is 1. The Kier molecular flexibility index (Phi) is 4.24. The number of rotatable bonds is 4. The Bertz CT molecular complexity index is 742. The highest BCUT2D eigenvalue weighted by molar-refractivity contribution is 7.94. The molecule has 0 unspecified atom stereocenters.